The minimum absolute atomic E-state index is 0.178. The molecule has 3 rings (SSSR count). The Morgan fingerprint density at radius 3 is 2.24 bits per heavy atom. The molecule has 0 fully saturated rings. The van der Waals surface area contributed by atoms with Crippen molar-refractivity contribution in [2.45, 2.75) is 57.2 Å². The predicted octanol–water partition coefficient (Wildman–Crippen LogP) is 7.84. The number of allylic oxidation sites excluding steroid dienone is 4. The van der Waals surface area contributed by atoms with Gasteiger partial charge in [-0.15, -0.1) is 13.2 Å². The molecule has 0 bridgehead atoms. The third-order valence-electron chi connectivity index (χ3n) is 5.51. The van der Waals surface area contributed by atoms with Crippen LogP contribution in [-0.2, 0) is 5.41 Å². The molecule has 1 atom stereocenters. The van der Waals surface area contributed by atoms with Gasteiger partial charge in [-0.3, -0.25) is 0 Å². The minimum Gasteiger partial charge on any atom is -0.406 e. The molecule has 0 aromatic heterocycles. The summed E-state index contributed by atoms with van der Waals surface area (Å²) >= 11 is 0. The van der Waals surface area contributed by atoms with Crippen molar-refractivity contribution in [2.24, 2.45) is 0 Å². The van der Waals surface area contributed by atoms with Gasteiger partial charge in [0, 0.05) is 5.41 Å². The SMILES string of the molecule is CCCCCCC1(c2ccc(OC(F)(F)F)cc2)C=CC(c2ccccc2)=CC1. The molecule has 4 heteroatoms. The molecule has 29 heavy (non-hydrogen) atoms. The summed E-state index contributed by atoms with van der Waals surface area (Å²) in [5.74, 6) is -0.178. The van der Waals surface area contributed by atoms with Gasteiger partial charge in [0.25, 0.3) is 0 Å². The van der Waals surface area contributed by atoms with E-state index in [1.54, 1.807) is 12.1 Å². The number of hydrogen-bond donors (Lipinski definition) is 0. The van der Waals surface area contributed by atoms with Gasteiger partial charge < -0.3 is 4.74 Å². The second-order valence-electron chi connectivity index (χ2n) is 7.60. The average molecular weight is 400 g/mol. The fraction of sp³-hybridized carbons (Fsp3) is 0.360. The molecule has 0 heterocycles. The van der Waals surface area contributed by atoms with E-state index in [0.29, 0.717) is 0 Å². The zero-order valence-corrected chi connectivity index (χ0v) is 16.7. The summed E-state index contributed by atoms with van der Waals surface area (Å²) in [7, 11) is 0. The van der Waals surface area contributed by atoms with E-state index >= 15 is 0 Å². The van der Waals surface area contributed by atoms with E-state index in [1.165, 1.54) is 36.1 Å². The number of ether oxygens (including phenoxy) is 1. The summed E-state index contributed by atoms with van der Waals surface area (Å²) in [6.07, 6.45) is 8.39. The molecule has 0 saturated heterocycles. The Labute approximate surface area is 170 Å². The largest absolute Gasteiger partial charge is 0.573 e. The van der Waals surface area contributed by atoms with Gasteiger partial charge >= 0.3 is 6.36 Å². The Morgan fingerprint density at radius 2 is 1.66 bits per heavy atom. The molecule has 0 spiro atoms. The molecule has 1 nitrogen and oxygen atoms in total. The molecule has 0 amide bonds. The van der Waals surface area contributed by atoms with Crippen molar-refractivity contribution < 1.29 is 17.9 Å². The number of halogens is 3. The number of rotatable bonds is 8. The lowest BCUT2D eigenvalue weighted by Gasteiger charge is -2.33. The highest BCUT2D eigenvalue weighted by molar-refractivity contribution is 5.75. The highest BCUT2D eigenvalue weighted by Gasteiger charge is 2.33. The summed E-state index contributed by atoms with van der Waals surface area (Å²) in [6.45, 7) is 2.19. The van der Waals surface area contributed by atoms with E-state index in [0.717, 1.165) is 31.2 Å². The third-order valence-corrected chi connectivity index (χ3v) is 5.51. The maximum Gasteiger partial charge on any atom is 0.573 e. The first-order valence-corrected chi connectivity index (χ1v) is 10.2. The van der Waals surface area contributed by atoms with Crippen LogP contribution in [0.3, 0.4) is 0 Å². The van der Waals surface area contributed by atoms with Crippen LogP contribution in [0.15, 0.2) is 72.8 Å². The summed E-state index contributed by atoms with van der Waals surface area (Å²) in [5, 5.41) is 0. The first kappa shape index (κ1) is 21.2. The number of unbranched alkanes of at least 4 members (excludes halogenated alkanes) is 3. The summed E-state index contributed by atoms with van der Waals surface area (Å²) in [5.41, 5.74) is 3.20. The molecule has 0 saturated carbocycles. The lowest BCUT2D eigenvalue weighted by molar-refractivity contribution is -0.274. The van der Waals surface area contributed by atoms with Crippen molar-refractivity contribution >= 4 is 5.57 Å². The van der Waals surface area contributed by atoms with E-state index in [2.05, 4.69) is 42.0 Å². The van der Waals surface area contributed by atoms with Crippen molar-refractivity contribution in [1.29, 1.82) is 0 Å². The van der Waals surface area contributed by atoms with E-state index in [-0.39, 0.29) is 11.2 Å². The van der Waals surface area contributed by atoms with Gasteiger partial charge in [-0.05, 0) is 41.7 Å². The van der Waals surface area contributed by atoms with Crippen molar-refractivity contribution in [1.82, 2.24) is 0 Å². The van der Waals surface area contributed by atoms with Crippen molar-refractivity contribution in [3.05, 3.63) is 84.0 Å². The maximum atomic E-state index is 12.5. The van der Waals surface area contributed by atoms with E-state index < -0.39 is 6.36 Å². The first-order valence-electron chi connectivity index (χ1n) is 10.2. The molecule has 1 aliphatic rings. The maximum absolute atomic E-state index is 12.5. The highest BCUT2D eigenvalue weighted by Crippen LogP contribution is 2.41. The quantitative estimate of drug-likeness (QED) is 0.410. The van der Waals surface area contributed by atoms with Crippen LogP contribution in [0.4, 0.5) is 13.2 Å². The highest BCUT2D eigenvalue weighted by atomic mass is 19.4. The summed E-state index contributed by atoms with van der Waals surface area (Å²) in [4.78, 5) is 0. The molecule has 1 aliphatic carbocycles. The molecular formula is C25H27F3O. The fourth-order valence-corrected chi connectivity index (χ4v) is 3.92. The van der Waals surface area contributed by atoms with E-state index in [9.17, 15) is 13.2 Å². The molecule has 1 unspecified atom stereocenters. The standard InChI is InChI=1S/C25H27F3O/c1-2-3-4-8-17-24(22-11-13-23(14-12-22)29-25(26,27)28)18-15-21(16-19-24)20-9-6-5-7-10-20/h5-7,9-16,18H,2-4,8,17,19H2,1H3. The molecule has 0 N–H and O–H groups in total. The van der Waals surface area contributed by atoms with Crippen LogP contribution in [0.25, 0.3) is 5.57 Å². The number of alkyl halides is 3. The lowest BCUT2D eigenvalue weighted by Crippen LogP contribution is -2.25. The van der Waals surface area contributed by atoms with Gasteiger partial charge in [-0.2, -0.15) is 0 Å². The Morgan fingerprint density at radius 1 is 0.931 bits per heavy atom. The van der Waals surface area contributed by atoms with Crippen molar-refractivity contribution in [2.75, 3.05) is 0 Å². The van der Waals surface area contributed by atoms with Gasteiger partial charge in [-0.1, -0.05) is 93.3 Å². The molecular weight excluding hydrogens is 373 g/mol. The number of benzene rings is 2. The van der Waals surface area contributed by atoms with Crippen LogP contribution in [0.1, 0.15) is 56.6 Å². The molecule has 2 aromatic rings. The first-order chi connectivity index (χ1) is 13.9. The van der Waals surface area contributed by atoms with Crippen molar-refractivity contribution in [3.63, 3.8) is 0 Å². The van der Waals surface area contributed by atoms with E-state index in [1.807, 2.05) is 18.2 Å². The Bertz CT molecular complexity index is 835. The predicted molar refractivity (Wildman–Crippen MR) is 112 cm³/mol. The normalized spacial score (nSPS) is 19.1. The third kappa shape index (κ3) is 5.75. The topological polar surface area (TPSA) is 9.23 Å². The molecule has 154 valence electrons. The van der Waals surface area contributed by atoms with Crippen LogP contribution in [0.5, 0.6) is 5.75 Å². The summed E-state index contributed by atoms with van der Waals surface area (Å²) in [6, 6.07) is 16.6. The zero-order chi connectivity index (χ0) is 20.7. The van der Waals surface area contributed by atoms with Gasteiger partial charge in [-0.25, -0.2) is 0 Å². The van der Waals surface area contributed by atoms with Gasteiger partial charge in [0.1, 0.15) is 5.75 Å². The zero-order valence-electron chi connectivity index (χ0n) is 16.7. The van der Waals surface area contributed by atoms with E-state index in [4.69, 9.17) is 0 Å². The van der Waals surface area contributed by atoms with Crippen LogP contribution in [-0.4, -0.2) is 6.36 Å². The Kier molecular flexibility index (Phi) is 6.83. The minimum atomic E-state index is -4.67. The van der Waals surface area contributed by atoms with Crippen LogP contribution >= 0.6 is 0 Å². The van der Waals surface area contributed by atoms with Crippen LogP contribution in [0.2, 0.25) is 0 Å². The Hall–Kier alpha value is -2.49. The smallest absolute Gasteiger partial charge is 0.406 e. The van der Waals surface area contributed by atoms with Gasteiger partial charge in [0.05, 0.1) is 0 Å². The lowest BCUT2D eigenvalue weighted by atomic mass is 9.70. The molecule has 0 aliphatic heterocycles. The Balaban J connectivity index is 1.82. The second kappa shape index (κ2) is 9.34. The second-order valence-corrected chi connectivity index (χ2v) is 7.60. The molecule has 0 radical (unpaired) electrons. The summed E-state index contributed by atoms with van der Waals surface area (Å²) < 4.78 is 41.5. The van der Waals surface area contributed by atoms with Crippen LogP contribution in [0, 0.1) is 0 Å². The van der Waals surface area contributed by atoms with Crippen molar-refractivity contribution in [3.8, 4) is 5.75 Å². The molecule has 2 aromatic carbocycles. The fourth-order valence-electron chi connectivity index (χ4n) is 3.92. The monoisotopic (exact) mass is 400 g/mol. The number of hydrogen-bond acceptors (Lipinski definition) is 1. The van der Waals surface area contributed by atoms with Gasteiger partial charge in [0.2, 0.25) is 0 Å². The van der Waals surface area contributed by atoms with Crippen LogP contribution < -0.4 is 4.74 Å². The van der Waals surface area contributed by atoms with Gasteiger partial charge in [0.15, 0.2) is 0 Å². The average Bonchev–Trinajstić information content (AvgIpc) is 2.72.